The Balaban J connectivity index is 1.46. The highest BCUT2D eigenvalue weighted by Gasteiger charge is 2.25. The van der Waals surface area contributed by atoms with Gasteiger partial charge in [0.1, 0.15) is 0 Å². The molecule has 0 saturated carbocycles. The first kappa shape index (κ1) is 15.5. The maximum atomic E-state index is 11.0. The summed E-state index contributed by atoms with van der Waals surface area (Å²) >= 11 is 0. The largest absolute Gasteiger partial charge is 0.326 e. The number of benzene rings is 1. The summed E-state index contributed by atoms with van der Waals surface area (Å²) in [4.78, 5) is 16.2. The monoisotopic (exact) mass is 302 g/mol. The molecule has 0 aromatic heterocycles. The predicted octanol–water partition coefficient (Wildman–Crippen LogP) is 1.12. The van der Waals surface area contributed by atoms with Crippen molar-refractivity contribution in [3.63, 3.8) is 0 Å². The van der Waals surface area contributed by atoms with E-state index in [4.69, 9.17) is 0 Å². The lowest BCUT2D eigenvalue weighted by atomic mass is 10.1. The van der Waals surface area contributed by atoms with Gasteiger partial charge in [0.2, 0.25) is 5.91 Å². The van der Waals surface area contributed by atoms with Gasteiger partial charge >= 0.3 is 0 Å². The average Bonchev–Trinajstić information content (AvgIpc) is 3.04. The average molecular weight is 302 g/mol. The molecule has 2 aliphatic heterocycles. The van der Waals surface area contributed by atoms with Crippen LogP contribution in [-0.4, -0.2) is 61.0 Å². The van der Waals surface area contributed by atoms with E-state index < -0.39 is 0 Å². The molecule has 0 radical (unpaired) electrons. The molecule has 5 nitrogen and oxygen atoms in total. The van der Waals surface area contributed by atoms with E-state index in [0.717, 1.165) is 37.9 Å². The zero-order chi connectivity index (χ0) is 15.4. The van der Waals surface area contributed by atoms with Crippen LogP contribution in [0, 0.1) is 0 Å². The zero-order valence-electron chi connectivity index (χ0n) is 13.3. The molecule has 2 N–H and O–H groups in total. The van der Waals surface area contributed by atoms with E-state index in [-0.39, 0.29) is 5.91 Å². The van der Waals surface area contributed by atoms with E-state index in [9.17, 15) is 4.79 Å². The lowest BCUT2D eigenvalue weighted by molar-refractivity contribution is -0.114. The maximum absolute atomic E-state index is 11.0. The van der Waals surface area contributed by atoms with E-state index >= 15 is 0 Å². The summed E-state index contributed by atoms with van der Waals surface area (Å²) in [6.45, 7) is 9.50. The van der Waals surface area contributed by atoms with Gasteiger partial charge in [-0.15, -0.1) is 0 Å². The Morgan fingerprint density at radius 1 is 1.23 bits per heavy atom. The predicted molar refractivity (Wildman–Crippen MR) is 88.9 cm³/mol. The van der Waals surface area contributed by atoms with Crippen LogP contribution in [0.15, 0.2) is 24.3 Å². The number of amides is 1. The first-order chi connectivity index (χ1) is 10.7. The van der Waals surface area contributed by atoms with Gasteiger partial charge in [-0.2, -0.15) is 0 Å². The van der Waals surface area contributed by atoms with Gasteiger partial charge in [-0.25, -0.2) is 0 Å². The van der Waals surface area contributed by atoms with Crippen molar-refractivity contribution < 1.29 is 4.79 Å². The fourth-order valence-electron chi connectivity index (χ4n) is 3.39. The Morgan fingerprint density at radius 2 is 1.95 bits per heavy atom. The summed E-state index contributed by atoms with van der Waals surface area (Å²) in [6, 6.07) is 8.94. The van der Waals surface area contributed by atoms with Crippen molar-refractivity contribution in [2.24, 2.45) is 0 Å². The van der Waals surface area contributed by atoms with E-state index in [1.165, 1.54) is 38.5 Å². The topological polar surface area (TPSA) is 47.6 Å². The van der Waals surface area contributed by atoms with Crippen molar-refractivity contribution in [2.45, 2.75) is 25.9 Å². The van der Waals surface area contributed by atoms with Crippen LogP contribution in [-0.2, 0) is 11.3 Å². The third kappa shape index (κ3) is 4.06. The number of carbonyl (C=O) groups is 1. The van der Waals surface area contributed by atoms with Gasteiger partial charge in [-0.1, -0.05) is 12.1 Å². The van der Waals surface area contributed by atoms with Crippen LogP contribution >= 0.6 is 0 Å². The molecule has 120 valence electrons. The Bertz CT molecular complexity index is 488. The highest BCUT2D eigenvalue weighted by Crippen LogP contribution is 2.15. The van der Waals surface area contributed by atoms with Crippen LogP contribution in [0.25, 0.3) is 0 Å². The van der Waals surface area contributed by atoms with E-state index in [2.05, 4.69) is 32.6 Å². The molecule has 3 rings (SSSR count). The molecular formula is C17H26N4O. The van der Waals surface area contributed by atoms with Crippen LogP contribution in [0.5, 0.6) is 0 Å². The molecule has 0 bridgehead atoms. The Morgan fingerprint density at radius 3 is 2.55 bits per heavy atom. The van der Waals surface area contributed by atoms with Gasteiger partial charge in [0.25, 0.3) is 0 Å². The number of hydrogen-bond donors (Lipinski definition) is 2. The number of piperazine rings is 1. The van der Waals surface area contributed by atoms with Gasteiger partial charge in [0.15, 0.2) is 0 Å². The van der Waals surface area contributed by atoms with Crippen LogP contribution in [0.3, 0.4) is 0 Å². The summed E-state index contributed by atoms with van der Waals surface area (Å²) < 4.78 is 0. The van der Waals surface area contributed by atoms with Crippen molar-refractivity contribution in [3.8, 4) is 0 Å². The fraction of sp³-hybridized carbons (Fsp3) is 0.588. The highest BCUT2D eigenvalue weighted by molar-refractivity contribution is 5.88. The molecule has 2 saturated heterocycles. The molecule has 0 aliphatic carbocycles. The SMILES string of the molecule is CC(=O)Nc1ccc(CN2CCN([C@@H]3CCNC3)CC2)cc1. The molecule has 2 fully saturated rings. The molecule has 1 atom stereocenters. The second-order valence-corrected chi connectivity index (χ2v) is 6.34. The zero-order valence-corrected chi connectivity index (χ0v) is 13.3. The molecule has 5 heteroatoms. The van der Waals surface area contributed by atoms with Gasteiger partial charge in [0.05, 0.1) is 0 Å². The molecule has 0 spiro atoms. The van der Waals surface area contributed by atoms with Crippen LogP contribution < -0.4 is 10.6 Å². The van der Waals surface area contributed by atoms with Crippen LogP contribution in [0.2, 0.25) is 0 Å². The van der Waals surface area contributed by atoms with Crippen LogP contribution in [0.4, 0.5) is 5.69 Å². The second-order valence-electron chi connectivity index (χ2n) is 6.34. The van der Waals surface area contributed by atoms with Crippen molar-refractivity contribution in [2.75, 3.05) is 44.6 Å². The molecule has 22 heavy (non-hydrogen) atoms. The fourth-order valence-corrected chi connectivity index (χ4v) is 3.39. The van der Waals surface area contributed by atoms with Crippen molar-refractivity contribution in [3.05, 3.63) is 29.8 Å². The van der Waals surface area contributed by atoms with Crippen molar-refractivity contribution >= 4 is 11.6 Å². The number of nitrogens with one attached hydrogen (secondary N) is 2. The van der Waals surface area contributed by atoms with Crippen molar-refractivity contribution in [1.29, 1.82) is 0 Å². The minimum absolute atomic E-state index is 0.0229. The van der Waals surface area contributed by atoms with Crippen LogP contribution in [0.1, 0.15) is 18.9 Å². The summed E-state index contributed by atoms with van der Waals surface area (Å²) in [5.41, 5.74) is 2.18. The number of anilines is 1. The summed E-state index contributed by atoms with van der Waals surface area (Å²) in [6.07, 6.45) is 1.30. The summed E-state index contributed by atoms with van der Waals surface area (Å²) in [7, 11) is 0. The highest BCUT2D eigenvalue weighted by atomic mass is 16.1. The Hall–Kier alpha value is -1.43. The standard InChI is InChI=1S/C17H26N4O/c1-14(22)19-16-4-2-15(3-5-16)13-20-8-10-21(11-9-20)17-6-7-18-12-17/h2-5,17-18H,6-13H2,1H3,(H,19,22)/t17-/m1/s1. The Kier molecular flexibility index (Phi) is 5.08. The summed E-state index contributed by atoms with van der Waals surface area (Å²) in [5.74, 6) is -0.0229. The molecule has 1 amide bonds. The summed E-state index contributed by atoms with van der Waals surface area (Å²) in [5, 5.41) is 6.26. The quantitative estimate of drug-likeness (QED) is 0.875. The number of rotatable bonds is 4. The van der Waals surface area contributed by atoms with E-state index in [1.54, 1.807) is 0 Å². The lowest BCUT2D eigenvalue weighted by Crippen LogP contribution is -2.50. The first-order valence-electron chi connectivity index (χ1n) is 8.24. The van der Waals surface area contributed by atoms with Gasteiger partial charge in [0, 0.05) is 57.9 Å². The first-order valence-corrected chi connectivity index (χ1v) is 8.24. The van der Waals surface area contributed by atoms with Crippen molar-refractivity contribution in [1.82, 2.24) is 15.1 Å². The third-order valence-electron chi connectivity index (χ3n) is 4.64. The molecule has 2 aliphatic rings. The second kappa shape index (κ2) is 7.22. The number of hydrogen-bond acceptors (Lipinski definition) is 4. The van der Waals surface area contributed by atoms with E-state index in [0.29, 0.717) is 0 Å². The smallest absolute Gasteiger partial charge is 0.221 e. The number of nitrogens with zero attached hydrogens (tertiary/aromatic N) is 2. The van der Waals surface area contributed by atoms with E-state index in [1.807, 2.05) is 12.1 Å². The molecular weight excluding hydrogens is 276 g/mol. The normalized spacial score (nSPS) is 23.6. The maximum Gasteiger partial charge on any atom is 0.221 e. The minimum atomic E-state index is -0.0229. The van der Waals surface area contributed by atoms with Gasteiger partial charge in [-0.05, 0) is 30.7 Å². The van der Waals surface area contributed by atoms with Gasteiger partial charge < -0.3 is 10.6 Å². The lowest BCUT2D eigenvalue weighted by Gasteiger charge is -2.37. The Labute approximate surface area is 132 Å². The molecule has 1 aromatic carbocycles. The molecule has 0 unspecified atom stereocenters. The third-order valence-corrected chi connectivity index (χ3v) is 4.64. The molecule has 2 heterocycles. The minimum Gasteiger partial charge on any atom is -0.326 e. The van der Waals surface area contributed by atoms with Gasteiger partial charge in [-0.3, -0.25) is 14.6 Å². The molecule has 1 aromatic rings. The number of carbonyl (C=O) groups excluding carboxylic acids is 1.